The number of hydrogen-bond donors (Lipinski definition) is 0. The van der Waals surface area contributed by atoms with Crippen molar-refractivity contribution in [2.45, 2.75) is 58.7 Å². The number of nitrogens with zero attached hydrogens (tertiary/aromatic N) is 8. The molecule has 0 aliphatic carbocycles. The van der Waals surface area contributed by atoms with E-state index in [1.165, 1.54) is 11.1 Å². The Balaban J connectivity index is 1.55. The molecule has 1 aliphatic heterocycles. The third kappa shape index (κ3) is 3.76. The molecule has 0 bridgehead atoms. The number of pyridine rings is 1. The van der Waals surface area contributed by atoms with Gasteiger partial charge in [0.05, 0.1) is 5.52 Å². The first-order chi connectivity index (χ1) is 16.5. The molecule has 3 atom stereocenters. The van der Waals surface area contributed by atoms with Gasteiger partial charge in [-0.25, -0.2) is 4.98 Å². The van der Waals surface area contributed by atoms with Gasteiger partial charge in [0.15, 0.2) is 5.82 Å². The molecule has 0 N–H and O–H groups in total. The number of nitriles is 1. The average molecular weight is 455 g/mol. The maximum atomic E-state index is 9.47. The molecule has 0 saturated carbocycles. The van der Waals surface area contributed by atoms with E-state index in [1.807, 2.05) is 10.5 Å². The number of aromatic nitrogens is 5. The minimum Gasteiger partial charge on any atom is -0.349 e. The highest BCUT2D eigenvalue weighted by atomic mass is 15.4. The van der Waals surface area contributed by atoms with E-state index < -0.39 is 0 Å². The fourth-order valence-electron chi connectivity index (χ4n) is 5.25. The standard InChI is InChI=1S/C26H30N8/c1-5-21-15-32(18(4)14-33(21)22(6-2)19-9-7-17(3)8-10-19)25-24-23(12-11-20(13-27)29-24)34-16-28-31-26(34)30-25/h7-12,16,18,21-22H,5-6,14-15H2,1-4H3/t18-,21+,22-/m0/s1. The number of anilines is 1. The summed E-state index contributed by atoms with van der Waals surface area (Å²) in [6.45, 7) is 10.7. The summed E-state index contributed by atoms with van der Waals surface area (Å²) >= 11 is 0. The van der Waals surface area contributed by atoms with Gasteiger partial charge in [-0.1, -0.05) is 43.7 Å². The summed E-state index contributed by atoms with van der Waals surface area (Å²) in [5.74, 6) is 1.32. The van der Waals surface area contributed by atoms with E-state index in [0.29, 0.717) is 29.1 Å². The van der Waals surface area contributed by atoms with Gasteiger partial charge in [-0.3, -0.25) is 9.30 Å². The fourth-order valence-corrected chi connectivity index (χ4v) is 5.25. The fraction of sp³-hybridized carbons (Fsp3) is 0.423. The molecule has 174 valence electrons. The van der Waals surface area contributed by atoms with Crippen molar-refractivity contribution >= 4 is 22.6 Å². The van der Waals surface area contributed by atoms with E-state index in [4.69, 9.17) is 4.98 Å². The first-order valence-electron chi connectivity index (χ1n) is 12.0. The van der Waals surface area contributed by atoms with E-state index in [-0.39, 0.29) is 6.04 Å². The van der Waals surface area contributed by atoms with Gasteiger partial charge in [0, 0.05) is 31.2 Å². The Bertz CT molecular complexity index is 1350. The van der Waals surface area contributed by atoms with E-state index in [2.05, 4.69) is 83.0 Å². The van der Waals surface area contributed by atoms with Crippen LogP contribution < -0.4 is 4.90 Å². The number of rotatable bonds is 5. The van der Waals surface area contributed by atoms with Gasteiger partial charge >= 0.3 is 0 Å². The maximum Gasteiger partial charge on any atom is 0.257 e. The molecule has 1 aliphatic rings. The van der Waals surface area contributed by atoms with Crippen molar-refractivity contribution in [1.29, 1.82) is 5.26 Å². The molecule has 0 amide bonds. The zero-order valence-corrected chi connectivity index (χ0v) is 20.2. The second kappa shape index (κ2) is 8.99. The quantitative estimate of drug-likeness (QED) is 0.444. The molecule has 0 radical (unpaired) electrons. The summed E-state index contributed by atoms with van der Waals surface area (Å²) < 4.78 is 1.83. The van der Waals surface area contributed by atoms with Crippen LogP contribution in [0, 0.1) is 18.3 Å². The van der Waals surface area contributed by atoms with Gasteiger partial charge in [0.1, 0.15) is 23.6 Å². The van der Waals surface area contributed by atoms with Gasteiger partial charge < -0.3 is 4.90 Å². The van der Waals surface area contributed by atoms with Crippen LogP contribution in [0.15, 0.2) is 42.7 Å². The molecule has 0 spiro atoms. The molecule has 1 fully saturated rings. The average Bonchev–Trinajstić information content (AvgIpc) is 3.34. The maximum absolute atomic E-state index is 9.47. The number of fused-ring (bicyclic) bond motifs is 3. The van der Waals surface area contributed by atoms with Crippen molar-refractivity contribution in [3.8, 4) is 6.07 Å². The van der Waals surface area contributed by atoms with Crippen molar-refractivity contribution in [3.05, 3.63) is 59.5 Å². The van der Waals surface area contributed by atoms with Crippen LogP contribution in [-0.4, -0.2) is 54.6 Å². The number of hydrogen-bond acceptors (Lipinski definition) is 7. The highest BCUT2D eigenvalue weighted by Crippen LogP contribution is 2.34. The highest BCUT2D eigenvalue weighted by molar-refractivity contribution is 5.88. The first kappa shape index (κ1) is 22.2. The van der Waals surface area contributed by atoms with Crippen LogP contribution in [0.4, 0.5) is 5.82 Å². The summed E-state index contributed by atoms with van der Waals surface area (Å²) in [6.07, 6.45) is 3.74. The van der Waals surface area contributed by atoms with E-state index >= 15 is 0 Å². The minimum atomic E-state index is 0.218. The van der Waals surface area contributed by atoms with Gasteiger partial charge in [0.2, 0.25) is 0 Å². The molecule has 4 aromatic rings. The normalized spacial score (nSPS) is 20.0. The van der Waals surface area contributed by atoms with E-state index in [0.717, 1.165) is 37.3 Å². The Morgan fingerprint density at radius 3 is 2.59 bits per heavy atom. The molecule has 8 nitrogen and oxygen atoms in total. The Kier molecular flexibility index (Phi) is 5.88. The smallest absolute Gasteiger partial charge is 0.257 e. The summed E-state index contributed by atoms with van der Waals surface area (Å²) in [6, 6.07) is 15.7. The van der Waals surface area contributed by atoms with Crippen molar-refractivity contribution in [2.24, 2.45) is 0 Å². The monoisotopic (exact) mass is 454 g/mol. The summed E-state index contributed by atoms with van der Waals surface area (Å²) in [7, 11) is 0. The lowest BCUT2D eigenvalue weighted by molar-refractivity contribution is 0.0940. The number of benzene rings is 1. The van der Waals surface area contributed by atoms with Crippen LogP contribution >= 0.6 is 0 Å². The molecular formula is C26H30N8. The van der Waals surface area contributed by atoms with Crippen molar-refractivity contribution in [2.75, 3.05) is 18.0 Å². The zero-order valence-electron chi connectivity index (χ0n) is 20.2. The molecule has 1 saturated heterocycles. The van der Waals surface area contributed by atoms with Gasteiger partial charge in [-0.15, -0.1) is 10.2 Å². The zero-order chi connectivity index (χ0) is 23.8. The van der Waals surface area contributed by atoms with Crippen molar-refractivity contribution < 1.29 is 0 Å². The first-order valence-corrected chi connectivity index (χ1v) is 12.0. The topological polar surface area (TPSA) is 86.2 Å². The molecule has 0 unspecified atom stereocenters. The predicted octanol–water partition coefficient (Wildman–Crippen LogP) is 4.29. The second-order valence-electron chi connectivity index (χ2n) is 9.21. The third-order valence-electron chi connectivity index (χ3n) is 7.07. The number of aryl methyl sites for hydroxylation is 1. The third-order valence-corrected chi connectivity index (χ3v) is 7.07. The largest absolute Gasteiger partial charge is 0.349 e. The summed E-state index contributed by atoms with van der Waals surface area (Å²) in [4.78, 5) is 14.5. The van der Waals surface area contributed by atoms with Gasteiger partial charge in [-0.05, 0) is 44.4 Å². The molecule has 3 aromatic heterocycles. The number of piperazine rings is 1. The van der Waals surface area contributed by atoms with E-state index in [9.17, 15) is 5.26 Å². The van der Waals surface area contributed by atoms with Crippen LogP contribution in [0.5, 0.6) is 0 Å². The highest BCUT2D eigenvalue weighted by Gasteiger charge is 2.36. The Hall–Kier alpha value is -3.57. The molecule has 34 heavy (non-hydrogen) atoms. The predicted molar refractivity (Wildman–Crippen MR) is 133 cm³/mol. The van der Waals surface area contributed by atoms with Gasteiger partial charge in [0.25, 0.3) is 5.78 Å². The van der Waals surface area contributed by atoms with Crippen LogP contribution in [-0.2, 0) is 0 Å². The van der Waals surface area contributed by atoms with E-state index in [1.54, 1.807) is 12.4 Å². The van der Waals surface area contributed by atoms with Crippen LogP contribution in [0.1, 0.15) is 56.5 Å². The lowest BCUT2D eigenvalue weighted by Gasteiger charge is -2.49. The van der Waals surface area contributed by atoms with Crippen molar-refractivity contribution in [3.63, 3.8) is 0 Å². The summed E-state index contributed by atoms with van der Waals surface area (Å²) in [5.41, 5.74) is 4.62. The lowest BCUT2D eigenvalue weighted by atomic mass is 9.95. The van der Waals surface area contributed by atoms with Crippen LogP contribution in [0.2, 0.25) is 0 Å². The molecule has 8 heteroatoms. The second-order valence-corrected chi connectivity index (χ2v) is 9.21. The Morgan fingerprint density at radius 2 is 1.88 bits per heavy atom. The van der Waals surface area contributed by atoms with Crippen molar-refractivity contribution in [1.82, 2.24) is 29.5 Å². The minimum absolute atomic E-state index is 0.218. The molecule has 4 heterocycles. The summed E-state index contributed by atoms with van der Waals surface area (Å²) in [5, 5.41) is 17.7. The SMILES string of the molecule is CC[C@@H]1CN(c2nc3nncn3c3ccc(C#N)nc23)[C@@H](C)CN1[C@@H](CC)c1ccc(C)cc1. The van der Waals surface area contributed by atoms with Gasteiger partial charge in [-0.2, -0.15) is 10.2 Å². The Labute approximate surface area is 199 Å². The molecular weight excluding hydrogens is 424 g/mol. The van der Waals surface area contributed by atoms with Crippen LogP contribution in [0.3, 0.4) is 0 Å². The lowest BCUT2D eigenvalue weighted by Crippen LogP contribution is -2.58. The molecule has 1 aromatic carbocycles. The molecule has 5 rings (SSSR count). The Morgan fingerprint density at radius 1 is 1.09 bits per heavy atom. The van der Waals surface area contributed by atoms with Crippen LogP contribution in [0.25, 0.3) is 16.8 Å².